The van der Waals surface area contributed by atoms with Crippen molar-refractivity contribution >= 4 is 17.7 Å². The smallest absolute Gasteiger partial charge is 0.302 e. The molecule has 8 atom stereocenters. The fourth-order valence-corrected chi connectivity index (χ4v) is 12.8. The molecular weight excluding hydrogens is 548 g/mol. The highest BCUT2D eigenvalue weighted by Crippen LogP contribution is 2.77. The van der Waals surface area contributed by atoms with E-state index in [1.165, 1.54) is 30.4 Å². The molecule has 6 rings (SSSR count). The highest BCUT2D eigenvalue weighted by molar-refractivity contribution is 6.39. The first-order valence-corrected chi connectivity index (χ1v) is 18.0. The number of esters is 1. The van der Waals surface area contributed by atoms with Gasteiger partial charge in [0.25, 0.3) is 5.91 Å². The Hall–Kier alpha value is -1.69. The van der Waals surface area contributed by atoms with Gasteiger partial charge in [-0.1, -0.05) is 59.6 Å². The van der Waals surface area contributed by atoms with Crippen molar-refractivity contribution in [2.75, 3.05) is 33.2 Å². The number of piperazine rings is 1. The van der Waals surface area contributed by atoms with Crippen molar-refractivity contribution < 1.29 is 19.1 Å². The summed E-state index contributed by atoms with van der Waals surface area (Å²) in [5.41, 5.74) is 2.73. The lowest BCUT2D eigenvalue weighted by atomic mass is 9.33. The average Bonchev–Trinajstić information content (AvgIpc) is 3.36. The van der Waals surface area contributed by atoms with Crippen LogP contribution in [0.25, 0.3) is 0 Å². The molecule has 1 aliphatic heterocycles. The van der Waals surface area contributed by atoms with E-state index in [-0.39, 0.29) is 45.4 Å². The van der Waals surface area contributed by atoms with E-state index < -0.39 is 5.41 Å². The van der Waals surface area contributed by atoms with Crippen molar-refractivity contribution in [3.05, 3.63) is 11.1 Å². The van der Waals surface area contributed by atoms with Gasteiger partial charge in [0, 0.05) is 38.5 Å². The van der Waals surface area contributed by atoms with Gasteiger partial charge in [-0.15, -0.1) is 0 Å². The van der Waals surface area contributed by atoms with Gasteiger partial charge in [-0.05, 0) is 111 Å². The van der Waals surface area contributed by atoms with Gasteiger partial charge in [0.05, 0.1) is 5.41 Å². The molecule has 1 heterocycles. The minimum Gasteiger partial charge on any atom is -0.462 e. The number of fused-ring (bicyclic) bond motifs is 7. The summed E-state index contributed by atoms with van der Waals surface area (Å²) in [4.78, 5) is 44.6. The van der Waals surface area contributed by atoms with Gasteiger partial charge in [0.15, 0.2) is 0 Å². The van der Waals surface area contributed by atoms with Crippen LogP contribution in [-0.4, -0.2) is 66.8 Å². The van der Waals surface area contributed by atoms with E-state index in [4.69, 9.17) is 4.74 Å². The van der Waals surface area contributed by atoms with Crippen LogP contribution < -0.4 is 0 Å². The van der Waals surface area contributed by atoms with E-state index in [1.54, 1.807) is 6.92 Å². The lowest BCUT2D eigenvalue weighted by molar-refractivity contribution is -0.232. The van der Waals surface area contributed by atoms with E-state index in [2.05, 4.69) is 60.4 Å². The molecule has 6 heteroatoms. The Bertz CT molecular complexity index is 1250. The number of hydrogen-bond acceptors (Lipinski definition) is 5. The van der Waals surface area contributed by atoms with E-state index in [0.29, 0.717) is 36.8 Å². The molecule has 8 unspecified atom stereocenters. The molecule has 6 nitrogen and oxygen atoms in total. The number of hydrogen-bond donors (Lipinski definition) is 0. The lowest BCUT2D eigenvalue weighted by Gasteiger charge is -2.72. The summed E-state index contributed by atoms with van der Waals surface area (Å²) >= 11 is 0. The number of allylic oxidation sites excluding steroid dienone is 2. The molecule has 0 aromatic rings. The zero-order valence-electron chi connectivity index (χ0n) is 29.3. The second-order valence-corrected chi connectivity index (χ2v) is 17.7. The fourth-order valence-electron chi connectivity index (χ4n) is 12.8. The Kier molecular flexibility index (Phi) is 7.82. The van der Waals surface area contributed by atoms with Crippen LogP contribution in [0.3, 0.4) is 0 Å². The van der Waals surface area contributed by atoms with Crippen LogP contribution >= 0.6 is 0 Å². The zero-order chi connectivity index (χ0) is 32.0. The van der Waals surface area contributed by atoms with Gasteiger partial charge in [-0.2, -0.15) is 0 Å². The first kappa shape index (κ1) is 32.3. The number of likely N-dealkylation sites (N-methyl/N-ethyl adjacent to an activating group) is 1. The predicted molar refractivity (Wildman–Crippen MR) is 174 cm³/mol. The standard InChI is InChI=1S/C38H60N2O4/c1-24(2)26-12-17-38(32(42)33(43)40-22-20-39(9)21-23-40)19-18-36(7)27(31(26)38)10-11-29-35(6)15-14-30(44-25(3)41)34(4,5)28(35)13-16-37(29,36)8/h24,27-30H,10-23H2,1-9H3. The fraction of sp³-hybridized carbons (Fsp3) is 0.868. The van der Waals surface area contributed by atoms with Crippen LogP contribution in [0.2, 0.25) is 0 Å². The van der Waals surface area contributed by atoms with Crippen LogP contribution in [0, 0.1) is 50.7 Å². The third-order valence-corrected chi connectivity index (χ3v) is 15.3. The molecular formula is C38H60N2O4. The molecule has 5 fully saturated rings. The monoisotopic (exact) mass is 608 g/mol. The predicted octanol–water partition coefficient (Wildman–Crippen LogP) is 7.06. The van der Waals surface area contributed by atoms with Crippen LogP contribution in [0.15, 0.2) is 11.1 Å². The van der Waals surface area contributed by atoms with Crippen LogP contribution in [0.4, 0.5) is 0 Å². The van der Waals surface area contributed by atoms with Crippen LogP contribution in [0.1, 0.15) is 120 Å². The third-order valence-electron chi connectivity index (χ3n) is 15.3. The van der Waals surface area contributed by atoms with E-state index >= 15 is 0 Å². The van der Waals surface area contributed by atoms with Crippen molar-refractivity contribution in [3.63, 3.8) is 0 Å². The van der Waals surface area contributed by atoms with Crippen molar-refractivity contribution in [2.24, 2.45) is 50.7 Å². The Balaban J connectivity index is 1.35. The first-order chi connectivity index (χ1) is 20.5. The number of ketones is 1. The molecule has 0 spiro atoms. The van der Waals surface area contributed by atoms with Gasteiger partial charge in [0.2, 0.25) is 5.78 Å². The summed E-state index contributed by atoms with van der Waals surface area (Å²) in [5.74, 6) is 1.43. The molecule has 0 aromatic heterocycles. The Morgan fingerprint density at radius 3 is 2.11 bits per heavy atom. The number of ether oxygens (including phenoxy) is 1. The Labute approximate surface area is 267 Å². The molecule has 5 aliphatic carbocycles. The van der Waals surface area contributed by atoms with Crippen molar-refractivity contribution in [1.29, 1.82) is 0 Å². The topological polar surface area (TPSA) is 66.9 Å². The summed E-state index contributed by atoms with van der Waals surface area (Å²) in [6.45, 7) is 21.6. The van der Waals surface area contributed by atoms with Gasteiger partial charge < -0.3 is 14.5 Å². The van der Waals surface area contributed by atoms with E-state index in [0.717, 1.165) is 58.0 Å². The SMILES string of the molecule is CC(=O)OC1CCC2(C)C(CCC3(C)C2CCC2C4=C(C(C)C)CCC4(C(=O)C(=O)N4CCN(C)CC4)CCC23C)C1(C)C. The summed E-state index contributed by atoms with van der Waals surface area (Å²) in [6.07, 6.45) is 10.4. The molecule has 4 saturated carbocycles. The van der Waals surface area contributed by atoms with Crippen molar-refractivity contribution in [3.8, 4) is 0 Å². The molecule has 0 radical (unpaired) electrons. The lowest BCUT2D eigenvalue weighted by Crippen LogP contribution is -2.66. The number of nitrogens with zero attached hydrogens (tertiary/aromatic N) is 2. The molecule has 0 N–H and O–H groups in total. The summed E-state index contributed by atoms with van der Waals surface area (Å²) in [7, 11) is 2.09. The first-order valence-electron chi connectivity index (χ1n) is 18.0. The van der Waals surface area contributed by atoms with Crippen LogP contribution in [0.5, 0.6) is 0 Å². The minimum atomic E-state index is -0.599. The highest BCUT2D eigenvalue weighted by atomic mass is 16.5. The van der Waals surface area contributed by atoms with Crippen molar-refractivity contribution in [2.45, 2.75) is 126 Å². The summed E-state index contributed by atoms with van der Waals surface area (Å²) in [6, 6.07) is 0. The number of carbonyl (C=O) groups is 3. The van der Waals surface area contributed by atoms with E-state index in [9.17, 15) is 14.4 Å². The maximum Gasteiger partial charge on any atom is 0.302 e. The normalized spacial score (nSPS) is 43.5. The molecule has 1 amide bonds. The van der Waals surface area contributed by atoms with Gasteiger partial charge >= 0.3 is 5.97 Å². The number of amides is 1. The number of rotatable bonds is 4. The van der Waals surface area contributed by atoms with E-state index in [1.807, 2.05) is 4.90 Å². The molecule has 0 bridgehead atoms. The average molecular weight is 609 g/mol. The quantitative estimate of drug-likeness (QED) is 0.194. The highest BCUT2D eigenvalue weighted by Gasteiger charge is 2.70. The Morgan fingerprint density at radius 2 is 1.48 bits per heavy atom. The molecule has 246 valence electrons. The summed E-state index contributed by atoms with van der Waals surface area (Å²) < 4.78 is 5.94. The third kappa shape index (κ3) is 4.38. The van der Waals surface area contributed by atoms with Gasteiger partial charge in [-0.25, -0.2) is 0 Å². The number of Topliss-reactive ketones (excluding diaryl/α,β-unsaturated/α-hetero) is 1. The zero-order valence-corrected chi connectivity index (χ0v) is 29.3. The van der Waals surface area contributed by atoms with Gasteiger partial charge in [-0.3, -0.25) is 14.4 Å². The van der Waals surface area contributed by atoms with Crippen LogP contribution in [-0.2, 0) is 19.1 Å². The largest absolute Gasteiger partial charge is 0.462 e. The Morgan fingerprint density at radius 1 is 0.795 bits per heavy atom. The second kappa shape index (κ2) is 10.7. The molecule has 6 aliphatic rings. The minimum absolute atomic E-state index is 0.00856. The molecule has 0 aromatic carbocycles. The maximum atomic E-state index is 14.5. The molecule has 44 heavy (non-hydrogen) atoms. The molecule has 1 saturated heterocycles. The van der Waals surface area contributed by atoms with Crippen molar-refractivity contribution in [1.82, 2.24) is 9.80 Å². The van der Waals surface area contributed by atoms with Gasteiger partial charge in [0.1, 0.15) is 6.10 Å². The number of carbonyl (C=O) groups excluding carboxylic acids is 3. The summed E-state index contributed by atoms with van der Waals surface area (Å²) in [5, 5.41) is 0. The second-order valence-electron chi connectivity index (χ2n) is 17.7. The maximum absolute atomic E-state index is 14.5.